The summed E-state index contributed by atoms with van der Waals surface area (Å²) in [6.07, 6.45) is 7.36. The molecular weight excluding hydrogens is 294 g/mol. The molecule has 5 heteroatoms. The first-order valence-electron chi connectivity index (χ1n) is 8.37. The second-order valence-electron chi connectivity index (χ2n) is 7.41. The van der Waals surface area contributed by atoms with Crippen molar-refractivity contribution >= 4 is 6.09 Å². The van der Waals surface area contributed by atoms with E-state index in [1.54, 1.807) is 4.90 Å². The van der Waals surface area contributed by atoms with Gasteiger partial charge in [0.25, 0.3) is 0 Å². The fourth-order valence-corrected chi connectivity index (χ4v) is 3.26. The molecule has 0 radical (unpaired) electrons. The SMILES string of the molecule is CC1CC=CC=C1C1(CCO)CN(C(=O)OC(C)(C)C)CCO1. The van der Waals surface area contributed by atoms with Crippen LogP contribution in [0.3, 0.4) is 0 Å². The number of ether oxygens (including phenoxy) is 2. The van der Waals surface area contributed by atoms with Gasteiger partial charge in [-0.2, -0.15) is 0 Å². The number of carbonyl (C=O) groups is 1. The Bertz CT molecular complexity index is 488. The summed E-state index contributed by atoms with van der Waals surface area (Å²) >= 11 is 0. The number of aliphatic hydroxyl groups excluding tert-OH is 1. The highest BCUT2D eigenvalue weighted by Crippen LogP contribution is 2.37. The van der Waals surface area contributed by atoms with E-state index in [0.717, 1.165) is 12.0 Å². The molecule has 2 unspecified atom stereocenters. The van der Waals surface area contributed by atoms with E-state index in [0.29, 0.717) is 32.0 Å². The van der Waals surface area contributed by atoms with E-state index >= 15 is 0 Å². The van der Waals surface area contributed by atoms with Gasteiger partial charge >= 0.3 is 6.09 Å². The number of hydrogen-bond acceptors (Lipinski definition) is 4. The largest absolute Gasteiger partial charge is 0.444 e. The normalized spacial score (nSPS) is 28.5. The van der Waals surface area contributed by atoms with Crippen LogP contribution in [0.4, 0.5) is 4.79 Å². The van der Waals surface area contributed by atoms with Crippen molar-refractivity contribution in [1.82, 2.24) is 4.90 Å². The first kappa shape index (κ1) is 18.0. The molecule has 1 heterocycles. The van der Waals surface area contributed by atoms with Gasteiger partial charge in [0.1, 0.15) is 11.2 Å². The van der Waals surface area contributed by atoms with Crippen LogP contribution in [0.1, 0.15) is 40.5 Å². The summed E-state index contributed by atoms with van der Waals surface area (Å²) in [5, 5.41) is 9.55. The number of aliphatic hydroxyl groups is 1. The summed E-state index contributed by atoms with van der Waals surface area (Å²) in [5.74, 6) is 0.338. The van der Waals surface area contributed by atoms with E-state index in [2.05, 4.69) is 19.1 Å². The van der Waals surface area contributed by atoms with Crippen molar-refractivity contribution < 1.29 is 19.4 Å². The van der Waals surface area contributed by atoms with Crippen LogP contribution in [0.25, 0.3) is 0 Å². The maximum Gasteiger partial charge on any atom is 0.410 e. The van der Waals surface area contributed by atoms with Gasteiger partial charge in [0, 0.05) is 19.6 Å². The van der Waals surface area contributed by atoms with E-state index in [1.165, 1.54) is 0 Å². The van der Waals surface area contributed by atoms with Crippen LogP contribution in [0.5, 0.6) is 0 Å². The topological polar surface area (TPSA) is 59.0 Å². The van der Waals surface area contributed by atoms with Crippen LogP contribution in [0.15, 0.2) is 23.8 Å². The van der Waals surface area contributed by atoms with Crippen LogP contribution in [-0.2, 0) is 9.47 Å². The average Bonchev–Trinajstić information content (AvgIpc) is 2.46. The van der Waals surface area contributed by atoms with Crippen LogP contribution >= 0.6 is 0 Å². The first-order chi connectivity index (χ1) is 10.8. The summed E-state index contributed by atoms with van der Waals surface area (Å²) < 4.78 is 11.6. The quantitative estimate of drug-likeness (QED) is 0.867. The Balaban J connectivity index is 2.21. The van der Waals surface area contributed by atoms with Crippen molar-refractivity contribution in [2.24, 2.45) is 5.92 Å². The average molecular weight is 323 g/mol. The van der Waals surface area contributed by atoms with Gasteiger partial charge in [0.2, 0.25) is 0 Å². The number of allylic oxidation sites excluding steroid dienone is 3. The molecule has 2 rings (SSSR count). The van der Waals surface area contributed by atoms with Crippen molar-refractivity contribution in [3.63, 3.8) is 0 Å². The molecule has 130 valence electrons. The number of hydrogen-bond donors (Lipinski definition) is 1. The Morgan fingerprint density at radius 3 is 2.87 bits per heavy atom. The fraction of sp³-hybridized carbons (Fsp3) is 0.722. The minimum atomic E-state index is -0.617. The molecule has 1 aliphatic heterocycles. The molecule has 0 aromatic heterocycles. The smallest absolute Gasteiger partial charge is 0.410 e. The van der Waals surface area contributed by atoms with Gasteiger partial charge in [-0.05, 0) is 38.7 Å². The molecule has 0 saturated carbocycles. The summed E-state index contributed by atoms with van der Waals surface area (Å²) in [7, 11) is 0. The lowest BCUT2D eigenvalue weighted by Crippen LogP contribution is -2.56. The summed E-state index contributed by atoms with van der Waals surface area (Å²) in [6.45, 7) is 9.16. The van der Waals surface area contributed by atoms with Gasteiger partial charge in [0.05, 0.1) is 13.2 Å². The van der Waals surface area contributed by atoms with E-state index in [1.807, 2.05) is 26.8 Å². The molecule has 0 spiro atoms. The zero-order valence-corrected chi connectivity index (χ0v) is 14.7. The second kappa shape index (κ2) is 7.05. The van der Waals surface area contributed by atoms with Gasteiger partial charge in [-0.25, -0.2) is 4.79 Å². The van der Waals surface area contributed by atoms with Crippen molar-refractivity contribution in [3.8, 4) is 0 Å². The van der Waals surface area contributed by atoms with Crippen LogP contribution in [0, 0.1) is 5.92 Å². The maximum atomic E-state index is 12.4. The Morgan fingerprint density at radius 2 is 2.26 bits per heavy atom. The fourth-order valence-electron chi connectivity index (χ4n) is 3.26. The molecule has 2 aliphatic rings. The second-order valence-corrected chi connectivity index (χ2v) is 7.41. The molecular formula is C18H29NO4. The predicted octanol–water partition coefficient (Wildman–Crippen LogP) is 2.90. The zero-order valence-electron chi connectivity index (χ0n) is 14.7. The Hall–Kier alpha value is -1.33. The Labute approximate surface area is 138 Å². The molecule has 0 aromatic rings. The first-order valence-corrected chi connectivity index (χ1v) is 8.37. The van der Waals surface area contributed by atoms with E-state index < -0.39 is 11.2 Å². The molecule has 0 bridgehead atoms. The molecule has 23 heavy (non-hydrogen) atoms. The number of amides is 1. The third-order valence-electron chi connectivity index (χ3n) is 4.31. The van der Waals surface area contributed by atoms with E-state index in [9.17, 15) is 9.90 Å². The minimum absolute atomic E-state index is 0.0237. The van der Waals surface area contributed by atoms with Crippen molar-refractivity contribution in [1.29, 1.82) is 0 Å². The van der Waals surface area contributed by atoms with Crippen molar-refractivity contribution in [2.45, 2.75) is 51.7 Å². The number of rotatable bonds is 3. The Morgan fingerprint density at radius 1 is 1.52 bits per heavy atom. The molecule has 1 saturated heterocycles. The third-order valence-corrected chi connectivity index (χ3v) is 4.31. The highest BCUT2D eigenvalue weighted by Gasteiger charge is 2.43. The molecule has 1 amide bonds. The van der Waals surface area contributed by atoms with Gasteiger partial charge in [-0.1, -0.05) is 25.2 Å². The Kier molecular flexibility index (Phi) is 5.53. The lowest BCUT2D eigenvalue weighted by atomic mass is 9.78. The standard InChI is InChI=1S/C18H29NO4/c1-14-7-5-6-8-15(14)18(9-11-20)13-19(10-12-22-18)16(21)23-17(2,3)4/h5-6,8,14,20H,7,9-13H2,1-4H3. The van der Waals surface area contributed by atoms with Crippen LogP contribution in [0.2, 0.25) is 0 Å². The van der Waals surface area contributed by atoms with Crippen LogP contribution < -0.4 is 0 Å². The molecule has 1 fully saturated rings. The zero-order chi connectivity index (χ0) is 17.1. The number of carbonyl (C=O) groups excluding carboxylic acids is 1. The maximum absolute atomic E-state index is 12.4. The van der Waals surface area contributed by atoms with Crippen LogP contribution in [-0.4, -0.2) is 53.6 Å². The van der Waals surface area contributed by atoms with E-state index in [-0.39, 0.29) is 12.7 Å². The molecule has 1 N–H and O–H groups in total. The van der Waals surface area contributed by atoms with Gasteiger partial charge in [-0.3, -0.25) is 0 Å². The van der Waals surface area contributed by atoms with Gasteiger partial charge < -0.3 is 19.5 Å². The summed E-state index contributed by atoms with van der Waals surface area (Å²) in [6, 6.07) is 0. The highest BCUT2D eigenvalue weighted by atomic mass is 16.6. The molecule has 1 aliphatic carbocycles. The molecule has 2 atom stereocenters. The van der Waals surface area contributed by atoms with Gasteiger partial charge in [0.15, 0.2) is 0 Å². The number of nitrogens with zero attached hydrogens (tertiary/aromatic N) is 1. The lowest BCUT2D eigenvalue weighted by molar-refractivity contribution is -0.100. The molecule has 0 aromatic carbocycles. The highest BCUT2D eigenvalue weighted by molar-refractivity contribution is 5.68. The number of morpholine rings is 1. The lowest BCUT2D eigenvalue weighted by Gasteiger charge is -2.46. The van der Waals surface area contributed by atoms with Crippen molar-refractivity contribution in [2.75, 3.05) is 26.3 Å². The monoisotopic (exact) mass is 323 g/mol. The third kappa shape index (κ3) is 4.36. The predicted molar refractivity (Wildman–Crippen MR) is 89.2 cm³/mol. The van der Waals surface area contributed by atoms with E-state index in [4.69, 9.17) is 9.47 Å². The van der Waals surface area contributed by atoms with Crippen molar-refractivity contribution in [3.05, 3.63) is 23.8 Å². The minimum Gasteiger partial charge on any atom is -0.444 e. The van der Waals surface area contributed by atoms with Gasteiger partial charge in [-0.15, -0.1) is 0 Å². The molecule has 5 nitrogen and oxygen atoms in total. The summed E-state index contributed by atoms with van der Waals surface area (Å²) in [4.78, 5) is 14.1. The summed E-state index contributed by atoms with van der Waals surface area (Å²) in [5.41, 5.74) is 0.0192.